The van der Waals surface area contributed by atoms with E-state index in [9.17, 15) is 0 Å². The average Bonchev–Trinajstić information content (AvgIpc) is 3.06. The van der Waals surface area contributed by atoms with Crippen LogP contribution in [0.25, 0.3) is 0 Å². The molecule has 0 aliphatic carbocycles. The van der Waals surface area contributed by atoms with E-state index < -0.39 is 0 Å². The Morgan fingerprint density at radius 2 is 2.31 bits per heavy atom. The van der Waals surface area contributed by atoms with E-state index in [2.05, 4.69) is 35.9 Å². The standard InChI is InChI=1S/C13H20N2O/c1-10(2)13(9-16-3)15-8-12(15)11-6-4-5-7-14-11/h4-7,10,12-13H,8-9H2,1-3H3/t12-,13+,15?/m0/s1. The van der Waals surface area contributed by atoms with Gasteiger partial charge in [-0.05, 0) is 18.1 Å². The summed E-state index contributed by atoms with van der Waals surface area (Å²) >= 11 is 0. The Morgan fingerprint density at radius 3 is 2.88 bits per heavy atom. The first-order valence-electron chi connectivity index (χ1n) is 5.89. The zero-order valence-corrected chi connectivity index (χ0v) is 10.3. The van der Waals surface area contributed by atoms with Gasteiger partial charge in [0.15, 0.2) is 0 Å². The highest BCUT2D eigenvalue weighted by molar-refractivity contribution is 5.16. The first-order valence-corrected chi connectivity index (χ1v) is 5.89. The third-order valence-corrected chi connectivity index (χ3v) is 3.21. The van der Waals surface area contributed by atoms with Crippen molar-refractivity contribution in [3.8, 4) is 0 Å². The van der Waals surface area contributed by atoms with Gasteiger partial charge in [-0.3, -0.25) is 9.88 Å². The molecule has 1 aromatic rings. The summed E-state index contributed by atoms with van der Waals surface area (Å²) in [4.78, 5) is 6.88. The van der Waals surface area contributed by atoms with Crippen molar-refractivity contribution < 1.29 is 4.74 Å². The first kappa shape index (κ1) is 11.6. The molecule has 3 atom stereocenters. The Kier molecular flexibility index (Phi) is 3.56. The fourth-order valence-corrected chi connectivity index (χ4v) is 2.20. The minimum atomic E-state index is 0.503. The maximum absolute atomic E-state index is 5.29. The maximum atomic E-state index is 5.29. The Morgan fingerprint density at radius 1 is 1.50 bits per heavy atom. The number of ether oxygens (including phenoxy) is 1. The van der Waals surface area contributed by atoms with Gasteiger partial charge < -0.3 is 4.74 Å². The summed E-state index contributed by atoms with van der Waals surface area (Å²) < 4.78 is 5.29. The zero-order chi connectivity index (χ0) is 11.5. The number of rotatable bonds is 5. The van der Waals surface area contributed by atoms with Crippen molar-refractivity contribution in [2.75, 3.05) is 20.3 Å². The Hall–Kier alpha value is -0.930. The summed E-state index contributed by atoms with van der Waals surface area (Å²) in [5.41, 5.74) is 1.18. The van der Waals surface area contributed by atoms with E-state index in [0.717, 1.165) is 13.2 Å². The molecule has 0 spiro atoms. The molecule has 1 fully saturated rings. The molecule has 1 aliphatic rings. The lowest BCUT2D eigenvalue weighted by Crippen LogP contribution is -2.30. The molecule has 0 radical (unpaired) electrons. The predicted molar refractivity (Wildman–Crippen MR) is 64.2 cm³/mol. The van der Waals surface area contributed by atoms with Gasteiger partial charge in [0.1, 0.15) is 0 Å². The SMILES string of the molecule is COC[C@H](C(C)C)N1C[C@H]1c1ccccn1. The predicted octanol–water partition coefficient (Wildman–Crippen LogP) is 2.11. The summed E-state index contributed by atoms with van der Waals surface area (Å²) in [6, 6.07) is 7.14. The van der Waals surface area contributed by atoms with Crippen molar-refractivity contribution >= 4 is 0 Å². The Labute approximate surface area is 97.4 Å². The summed E-state index contributed by atoms with van der Waals surface area (Å²) in [6.07, 6.45) is 1.87. The molecular formula is C13H20N2O. The van der Waals surface area contributed by atoms with Gasteiger partial charge >= 0.3 is 0 Å². The molecule has 16 heavy (non-hydrogen) atoms. The smallest absolute Gasteiger partial charge is 0.0653 e. The second-order valence-electron chi connectivity index (χ2n) is 4.73. The van der Waals surface area contributed by atoms with Gasteiger partial charge in [-0.1, -0.05) is 19.9 Å². The first-order chi connectivity index (χ1) is 7.74. The van der Waals surface area contributed by atoms with Gasteiger partial charge in [-0.15, -0.1) is 0 Å². The average molecular weight is 220 g/mol. The number of hydrogen-bond donors (Lipinski definition) is 0. The fraction of sp³-hybridized carbons (Fsp3) is 0.615. The van der Waals surface area contributed by atoms with Gasteiger partial charge in [-0.2, -0.15) is 0 Å². The van der Waals surface area contributed by atoms with Crippen LogP contribution in [0.4, 0.5) is 0 Å². The van der Waals surface area contributed by atoms with Gasteiger partial charge in [0.25, 0.3) is 0 Å². The van der Waals surface area contributed by atoms with E-state index in [4.69, 9.17) is 4.74 Å². The molecule has 0 amide bonds. The molecule has 1 aliphatic heterocycles. The number of aromatic nitrogens is 1. The molecule has 3 heteroatoms. The molecule has 2 heterocycles. The van der Waals surface area contributed by atoms with Crippen molar-refractivity contribution in [1.29, 1.82) is 0 Å². The van der Waals surface area contributed by atoms with Crippen molar-refractivity contribution in [2.45, 2.75) is 25.9 Å². The molecule has 1 aromatic heterocycles. The van der Waals surface area contributed by atoms with Crippen LogP contribution in [0.5, 0.6) is 0 Å². The van der Waals surface area contributed by atoms with Gasteiger partial charge in [0.2, 0.25) is 0 Å². The third kappa shape index (κ3) is 2.42. The maximum Gasteiger partial charge on any atom is 0.0653 e. The van der Waals surface area contributed by atoms with Crippen LogP contribution >= 0.6 is 0 Å². The molecular weight excluding hydrogens is 200 g/mol. The number of nitrogens with zero attached hydrogens (tertiary/aromatic N) is 2. The molecule has 88 valence electrons. The molecule has 1 unspecified atom stereocenters. The van der Waals surface area contributed by atoms with E-state index in [1.807, 2.05) is 12.3 Å². The topological polar surface area (TPSA) is 25.1 Å². The second-order valence-corrected chi connectivity index (χ2v) is 4.73. The van der Waals surface area contributed by atoms with E-state index in [1.54, 1.807) is 7.11 Å². The van der Waals surface area contributed by atoms with Gasteiger partial charge in [0.05, 0.1) is 18.3 Å². The summed E-state index contributed by atoms with van der Waals surface area (Å²) in [5.74, 6) is 0.619. The highest BCUT2D eigenvalue weighted by Crippen LogP contribution is 2.37. The van der Waals surface area contributed by atoms with E-state index in [0.29, 0.717) is 18.0 Å². The molecule has 0 aromatic carbocycles. The lowest BCUT2D eigenvalue weighted by Gasteiger charge is -2.22. The van der Waals surface area contributed by atoms with E-state index in [1.165, 1.54) is 5.69 Å². The molecule has 3 nitrogen and oxygen atoms in total. The molecule has 1 saturated heterocycles. The van der Waals surface area contributed by atoms with Gasteiger partial charge in [0, 0.05) is 25.9 Å². The minimum absolute atomic E-state index is 0.503. The van der Waals surface area contributed by atoms with Crippen LogP contribution < -0.4 is 0 Å². The van der Waals surface area contributed by atoms with Crippen LogP contribution in [0.3, 0.4) is 0 Å². The quantitative estimate of drug-likeness (QED) is 0.711. The molecule has 0 bridgehead atoms. The highest BCUT2D eigenvalue weighted by Gasteiger charge is 2.42. The summed E-state index contributed by atoms with van der Waals surface area (Å²) in [6.45, 7) is 6.42. The van der Waals surface area contributed by atoms with Gasteiger partial charge in [-0.25, -0.2) is 0 Å². The summed E-state index contributed by atoms with van der Waals surface area (Å²) in [7, 11) is 1.77. The lowest BCUT2D eigenvalue weighted by molar-refractivity contribution is 0.115. The third-order valence-electron chi connectivity index (χ3n) is 3.21. The molecule has 0 N–H and O–H groups in total. The Bertz CT molecular complexity index is 326. The van der Waals surface area contributed by atoms with Crippen LogP contribution in [0.2, 0.25) is 0 Å². The van der Waals surface area contributed by atoms with Crippen molar-refractivity contribution in [3.63, 3.8) is 0 Å². The normalized spacial score (nSPS) is 25.8. The van der Waals surface area contributed by atoms with Crippen LogP contribution in [0.15, 0.2) is 24.4 Å². The van der Waals surface area contributed by atoms with E-state index in [-0.39, 0.29) is 0 Å². The van der Waals surface area contributed by atoms with Crippen LogP contribution in [0, 0.1) is 5.92 Å². The van der Waals surface area contributed by atoms with E-state index >= 15 is 0 Å². The lowest BCUT2D eigenvalue weighted by atomic mass is 10.1. The van der Waals surface area contributed by atoms with Crippen molar-refractivity contribution in [3.05, 3.63) is 30.1 Å². The highest BCUT2D eigenvalue weighted by atomic mass is 16.5. The Balaban J connectivity index is 1.99. The number of methoxy groups -OCH3 is 1. The monoisotopic (exact) mass is 220 g/mol. The number of pyridine rings is 1. The van der Waals surface area contributed by atoms with Crippen LogP contribution in [0.1, 0.15) is 25.6 Å². The summed E-state index contributed by atoms with van der Waals surface area (Å²) in [5, 5.41) is 0. The largest absolute Gasteiger partial charge is 0.383 e. The number of hydrogen-bond acceptors (Lipinski definition) is 3. The second kappa shape index (κ2) is 4.93. The van der Waals surface area contributed by atoms with Crippen LogP contribution in [-0.2, 0) is 4.74 Å². The van der Waals surface area contributed by atoms with Crippen molar-refractivity contribution in [1.82, 2.24) is 9.88 Å². The molecule has 0 saturated carbocycles. The zero-order valence-electron chi connectivity index (χ0n) is 10.3. The minimum Gasteiger partial charge on any atom is -0.383 e. The fourth-order valence-electron chi connectivity index (χ4n) is 2.20. The van der Waals surface area contributed by atoms with Crippen molar-refractivity contribution in [2.24, 2.45) is 5.92 Å². The molecule has 2 rings (SSSR count). The van der Waals surface area contributed by atoms with Crippen LogP contribution in [-0.4, -0.2) is 36.2 Å².